The first-order valence-corrected chi connectivity index (χ1v) is 12.5. The van der Waals surface area contributed by atoms with E-state index >= 15 is 0 Å². The van der Waals surface area contributed by atoms with Crippen LogP contribution in [-0.4, -0.2) is 35.7 Å². The SMILES string of the molecule is Cc1ncccc1Cn1c(CCOC(N)=O)nc(C(C)C)c1S(=O)(=O)Oc1cc(Cl)cc(Cl)c1. The van der Waals surface area contributed by atoms with E-state index in [-0.39, 0.29) is 46.3 Å². The van der Waals surface area contributed by atoms with Gasteiger partial charge in [-0.25, -0.2) is 9.78 Å². The van der Waals surface area contributed by atoms with Gasteiger partial charge in [0.15, 0.2) is 5.03 Å². The summed E-state index contributed by atoms with van der Waals surface area (Å²) < 4.78 is 38.9. The number of hydrogen-bond donors (Lipinski definition) is 1. The van der Waals surface area contributed by atoms with Gasteiger partial charge in [0, 0.05) is 40.5 Å². The predicted molar refractivity (Wildman–Crippen MR) is 128 cm³/mol. The Labute approximate surface area is 207 Å². The molecule has 0 aliphatic rings. The zero-order chi connectivity index (χ0) is 25.0. The van der Waals surface area contributed by atoms with E-state index in [0.29, 0.717) is 11.5 Å². The van der Waals surface area contributed by atoms with Gasteiger partial charge in [0.2, 0.25) is 0 Å². The molecule has 182 valence electrons. The van der Waals surface area contributed by atoms with Crippen LogP contribution in [0.1, 0.15) is 42.5 Å². The van der Waals surface area contributed by atoms with E-state index in [1.807, 2.05) is 26.8 Å². The minimum Gasteiger partial charge on any atom is -0.449 e. The second kappa shape index (κ2) is 10.6. The number of imidazole rings is 1. The lowest BCUT2D eigenvalue weighted by Gasteiger charge is -2.15. The molecule has 0 fully saturated rings. The fourth-order valence-corrected chi connectivity index (χ4v) is 5.25. The number of ether oxygens (including phenoxy) is 1. The average Bonchev–Trinajstić information content (AvgIpc) is 3.08. The predicted octanol–water partition coefficient (Wildman–Crippen LogP) is 4.47. The lowest BCUT2D eigenvalue weighted by Crippen LogP contribution is -2.20. The van der Waals surface area contributed by atoms with Crippen molar-refractivity contribution in [3.8, 4) is 5.75 Å². The molecule has 0 unspecified atom stereocenters. The fraction of sp³-hybridized carbons (Fsp3) is 0.318. The van der Waals surface area contributed by atoms with Crippen molar-refractivity contribution in [2.75, 3.05) is 6.61 Å². The third-order valence-corrected chi connectivity index (χ3v) is 6.62. The molecule has 34 heavy (non-hydrogen) atoms. The Balaban J connectivity index is 2.14. The number of aryl methyl sites for hydroxylation is 1. The Bertz CT molecular complexity index is 1290. The zero-order valence-corrected chi connectivity index (χ0v) is 21.1. The highest BCUT2D eigenvalue weighted by Crippen LogP contribution is 2.31. The van der Waals surface area contributed by atoms with Crippen molar-refractivity contribution in [2.45, 2.75) is 44.7 Å². The normalized spacial score (nSPS) is 11.6. The number of nitrogens with two attached hydrogens (primary N) is 1. The highest BCUT2D eigenvalue weighted by atomic mass is 35.5. The second-order valence-corrected chi connectivity index (χ2v) is 10.1. The van der Waals surface area contributed by atoms with Crippen molar-refractivity contribution in [1.29, 1.82) is 0 Å². The summed E-state index contributed by atoms with van der Waals surface area (Å²) in [5.41, 5.74) is 6.89. The first-order chi connectivity index (χ1) is 16.0. The van der Waals surface area contributed by atoms with Gasteiger partial charge in [0.25, 0.3) is 0 Å². The maximum absolute atomic E-state index is 13.6. The van der Waals surface area contributed by atoms with Crippen molar-refractivity contribution in [3.63, 3.8) is 0 Å². The van der Waals surface area contributed by atoms with Gasteiger partial charge >= 0.3 is 16.2 Å². The molecule has 0 bridgehead atoms. The number of nitrogens with zero attached hydrogens (tertiary/aromatic N) is 3. The highest BCUT2D eigenvalue weighted by molar-refractivity contribution is 7.87. The third kappa shape index (κ3) is 6.19. The van der Waals surface area contributed by atoms with Crippen LogP contribution in [0.4, 0.5) is 4.79 Å². The molecule has 1 aromatic carbocycles. The number of halogens is 2. The number of benzene rings is 1. The first-order valence-electron chi connectivity index (χ1n) is 10.3. The molecule has 0 radical (unpaired) electrons. The molecular weight excluding hydrogens is 503 g/mol. The minimum absolute atomic E-state index is 0.0314. The molecule has 9 nitrogen and oxygen atoms in total. The molecule has 0 saturated heterocycles. The van der Waals surface area contributed by atoms with Gasteiger partial charge in [-0.1, -0.05) is 43.1 Å². The van der Waals surface area contributed by atoms with Gasteiger partial charge < -0.3 is 19.2 Å². The van der Waals surface area contributed by atoms with Crippen LogP contribution in [0.15, 0.2) is 41.6 Å². The fourth-order valence-electron chi connectivity index (χ4n) is 3.34. The van der Waals surface area contributed by atoms with E-state index in [2.05, 4.69) is 9.97 Å². The number of pyridine rings is 1. The number of primary amides is 1. The molecule has 3 rings (SSSR count). The van der Waals surface area contributed by atoms with Gasteiger partial charge in [0.1, 0.15) is 18.2 Å². The van der Waals surface area contributed by atoms with Crippen LogP contribution in [0.2, 0.25) is 10.0 Å². The summed E-state index contributed by atoms with van der Waals surface area (Å²) in [6, 6.07) is 7.78. The summed E-state index contributed by atoms with van der Waals surface area (Å²) in [5.74, 6) is 0.0963. The number of aromatic nitrogens is 3. The smallest absolute Gasteiger partial charge is 0.404 e. The second-order valence-electron chi connectivity index (χ2n) is 7.77. The van der Waals surface area contributed by atoms with E-state index in [9.17, 15) is 13.2 Å². The number of carbonyl (C=O) groups excluding carboxylic acids is 1. The van der Waals surface area contributed by atoms with Gasteiger partial charge in [-0.05, 0) is 30.5 Å². The van der Waals surface area contributed by atoms with E-state index in [1.165, 1.54) is 22.8 Å². The Morgan fingerprint density at radius 2 is 1.88 bits per heavy atom. The largest absolute Gasteiger partial charge is 0.449 e. The Kier molecular flexibility index (Phi) is 8.06. The topological polar surface area (TPSA) is 126 Å². The molecule has 0 atom stereocenters. The molecule has 0 aliphatic heterocycles. The van der Waals surface area contributed by atoms with Crippen molar-refractivity contribution < 1.29 is 22.1 Å². The van der Waals surface area contributed by atoms with Crippen molar-refractivity contribution in [1.82, 2.24) is 14.5 Å². The molecule has 2 heterocycles. The molecule has 2 aromatic heterocycles. The van der Waals surface area contributed by atoms with Gasteiger partial charge in [0.05, 0.1) is 12.2 Å². The third-order valence-electron chi connectivity index (χ3n) is 4.87. The molecule has 0 saturated carbocycles. The highest BCUT2D eigenvalue weighted by Gasteiger charge is 2.32. The Hall–Kier alpha value is -2.82. The summed E-state index contributed by atoms with van der Waals surface area (Å²) >= 11 is 12.0. The minimum atomic E-state index is -4.38. The summed E-state index contributed by atoms with van der Waals surface area (Å²) in [6.07, 6.45) is 0.859. The molecule has 3 aromatic rings. The number of amides is 1. The van der Waals surface area contributed by atoms with Crippen molar-refractivity contribution in [3.05, 3.63) is 69.3 Å². The first kappa shape index (κ1) is 25.8. The maximum Gasteiger partial charge on any atom is 0.404 e. The summed E-state index contributed by atoms with van der Waals surface area (Å²) in [7, 11) is -4.38. The van der Waals surface area contributed by atoms with E-state index < -0.39 is 16.2 Å². The summed E-state index contributed by atoms with van der Waals surface area (Å²) in [5, 5.41) is 0.340. The molecule has 0 spiro atoms. The van der Waals surface area contributed by atoms with Crippen LogP contribution in [-0.2, 0) is 27.8 Å². The number of hydrogen-bond acceptors (Lipinski definition) is 7. The van der Waals surface area contributed by atoms with Crippen LogP contribution in [0.25, 0.3) is 0 Å². The Morgan fingerprint density at radius 3 is 2.47 bits per heavy atom. The van der Waals surface area contributed by atoms with Crippen LogP contribution in [0.3, 0.4) is 0 Å². The van der Waals surface area contributed by atoms with Crippen molar-refractivity contribution in [2.24, 2.45) is 5.73 Å². The van der Waals surface area contributed by atoms with Crippen LogP contribution >= 0.6 is 23.2 Å². The number of rotatable bonds is 9. The van der Waals surface area contributed by atoms with Crippen molar-refractivity contribution >= 4 is 39.4 Å². The molecule has 2 N–H and O–H groups in total. The monoisotopic (exact) mass is 526 g/mol. The standard InChI is InChI=1S/C22H24Cl2N4O5S/c1-13(2)20-21(34(30,31)33-18-10-16(23)9-17(24)11-18)28(12-15-5-4-7-26-14(15)3)19(27-20)6-8-32-22(25)29/h4-5,7,9-11,13H,6,8,12H2,1-3H3,(H2,25,29). The van der Waals surface area contributed by atoms with E-state index in [1.54, 1.807) is 12.3 Å². The number of carbonyl (C=O) groups is 1. The maximum atomic E-state index is 13.6. The Morgan fingerprint density at radius 1 is 1.21 bits per heavy atom. The van der Waals surface area contributed by atoms with Gasteiger partial charge in [-0.2, -0.15) is 8.42 Å². The zero-order valence-electron chi connectivity index (χ0n) is 18.8. The molecule has 1 amide bonds. The van der Waals surface area contributed by atoms with Gasteiger partial charge in [-0.3, -0.25) is 4.98 Å². The van der Waals surface area contributed by atoms with Crippen LogP contribution in [0, 0.1) is 6.92 Å². The molecular formula is C22H24Cl2N4O5S. The molecule has 12 heteroatoms. The lowest BCUT2D eigenvalue weighted by molar-refractivity contribution is 0.157. The summed E-state index contributed by atoms with van der Waals surface area (Å²) in [6.45, 7) is 5.55. The molecule has 0 aliphatic carbocycles. The van der Waals surface area contributed by atoms with Crippen LogP contribution in [0.5, 0.6) is 5.75 Å². The van der Waals surface area contributed by atoms with Gasteiger partial charge in [-0.15, -0.1) is 0 Å². The van der Waals surface area contributed by atoms with E-state index in [0.717, 1.165) is 11.3 Å². The van der Waals surface area contributed by atoms with Crippen LogP contribution < -0.4 is 9.92 Å². The summed E-state index contributed by atoms with van der Waals surface area (Å²) in [4.78, 5) is 19.9. The average molecular weight is 527 g/mol. The van der Waals surface area contributed by atoms with E-state index in [4.69, 9.17) is 37.9 Å². The lowest BCUT2D eigenvalue weighted by atomic mass is 10.1. The quantitative estimate of drug-likeness (QED) is 0.407.